The molecule has 5 heteroatoms. The first-order valence-corrected chi connectivity index (χ1v) is 7.82. The van der Waals surface area contributed by atoms with Crippen LogP contribution >= 0.6 is 0 Å². The number of anilines is 1. The lowest BCUT2D eigenvalue weighted by Gasteiger charge is -2.36. The fourth-order valence-electron chi connectivity index (χ4n) is 3.09. The summed E-state index contributed by atoms with van der Waals surface area (Å²) in [4.78, 5) is 14.5. The Morgan fingerprint density at radius 2 is 2.09 bits per heavy atom. The molecule has 2 amide bonds. The largest absolute Gasteiger partial charge is 0.322 e. The highest BCUT2D eigenvalue weighted by atomic mass is 16.2. The van der Waals surface area contributed by atoms with Gasteiger partial charge in [0.15, 0.2) is 0 Å². The van der Waals surface area contributed by atoms with E-state index in [1.54, 1.807) is 10.9 Å². The van der Waals surface area contributed by atoms with Crippen LogP contribution in [0.4, 0.5) is 10.5 Å². The topological polar surface area (TPSA) is 50.2 Å². The number of carbonyl (C=O) groups excluding carboxylic acids is 1. The molecule has 0 radical (unpaired) electrons. The molecule has 0 saturated carbocycles. The molecule has 22 heavy (non-hydrogen) atoms. The van der Waals surface area contributed by atoms with Gasteiger partial charge in [-0.15, -0.1) is 0 Å². The molecule has 5 nitrogen and oxygen atoms in total. The van der Waals surface area contributed by atoms with Gasteiger partial charge in [-0.2, -0.15) is 5.10 Å². The second-order valence-corrected chi connectivity index (χ2v) is 6.07. The number of rotatable bonds is 2. The zero-order valence-electron chi connectivity index (χ0n) is 13.1. The summed E-state index contributed by atoms with van der Waals surface area (Å²) >= 11 is 0. The molecule has 0 aliphatic carbocycles. The Balaban J connectivity index is 1.77. The molecule has 0 unspecified atom stereocenters. The van der Waals surface area contributed by atoms with Crippen molar-refractivity contribution in [2.45, 2.75) is 32.7 Å². The van der Waals surface area contributed by atoms with Crippen molar-refractivity contribution in [3.05, 3.63) is 42.7 Å². The first-order chi connectivity index (χ1) is 10.6. The Labute approximate surface area is 130 Å². The van der Waals surface area contributed by atoms with Gasteiger partial charge in [0, 0.05) is 25.0 Å². The molecule has 0 bridgehead atoms. The number of carbonyl (C=O) groups is 1. The Morgan fingerprint density at radius 3 is 2.82 bits per heavy atom. The van der Waals surface area contributed by atoms with Crippen LogP contribution < -0.4 is 5.32 Å². The Hall–Kier alpha value is -2.30. The summed E-state index contributed by atoms with van der Waals surface area (Å²) in [5, 5.41) is 7.28. The van der Waals surface area contributed by atoms with Gasteiger partial charge >= 0.3 is 6.03 Å². The lowest BCUT2D eigenvalue weighted by atomic mass is 9.94. The van der Waals surface area contributed by atoms with Crippen LogP contribution in [0.3, 0.4) is 0 Å². The highest BCUT2D eigenvalue weighted by Crippen LogP contribution is 2.24. The van der Waals surface area contributed by atoms with E-state index in [4.69, 9.17) is 0 Å². The van der Waals surface area contributed by atoms with Crippen molar-refractivity contribution in [2.75, 3.05) is 11.9 Å². The monoisotopic (exact) mass is 298 g/mol. The number of nitrogens with one attached hydrogen (secondary N) is 1. The van der Waals surface area contributed by atoms with Crippen LogP contribution in [0.1, 0.15) is 26.7 Å². The van der Waals surface area contributed by atoms with Gasteiger partial charge in [-0.3, -0.25) is 0 Å². The molecule has 116 valence electrons. The van der Waals surface area contributed by atoms with Crippen molar-refractivity contribution in [1.29, 1.82) is 0 Å². The number of piperidine rings is 1. The number of aromatic nitrogens is 2. The third-order valence-corrected chi connectivity index (χ3v) is 4.30. The van der Waals surface area contributed by atoms with E-state index in [0.29, 0.717) is 5.92 Å². The molecule has 1 aromatic carbocycles. The third kappa shape index (κ3) is 2.98. The van der Waals surface area contributed by atoms with Gasteiger partial charge in [0.25, 0.3) is 0 Å². The van der Waals surface area contributed by atoms with E-state index in [9.17, 15) is 4.79 Å². The van der Waals surface area contributed by atoms with Crippen molar-refractivity contribution < 1.29 is 4.79 Å². The first-order valence-electron chi connectivity index (χ1n) is 7.82. The zero-order valence-corrected chi connectivity index (χ0v) is 13.1. The lowest BCUT2D eigenvalue weighted by molar-refractivity contribution is 0.150. The van der Waals surface area contributed by atoms with Crippen molar-refractivity contribution >= 4 is 11.7 Å². The molecular weight excluding hydrogens is 276 g/mol. The Kier molecular flexibility index (Phi) is 4.13. The van der Waals surface area contributed by atoms with Gasteiger partial charge in [0.05, 0.1) is 11.4 Å². The number of nitrogens with zero attached hydrogens (tertiary/aromatic N) is 3. The minimum Gasteiger partial charge on any atom is -0.322 e. The maximum Gasteiger partial charge on any atom is 0.322 e. The van der Waals surface area contributed by atoms with Gasteiger partial charge in [-0.05, 0) is 43.9 Å². The van der Waals surface area contributed by atoms with Gasteiger partial charge in [-0.25, -0.2) is 9.48 Å². The normalized spacial score (nSPS) is 21.6. The van der Waals surface area contributed by atoms with E-state index < -0.39 is 0 Å². The van der Waals surface area contributed by atoms with E-state index in [1.807, 2.05) is 41.4 Å². The van der Waals surface area contributed by atoms with Gasteiger partial charge in [0.2, 0.25) is 0 Å². The second kappa shape index (κ2) is 6.22. The van der Waals surface area contributed by atoms with Crippen molar-refractivity contribution in [2.24, 2.45) is 5.92 Å². The van der Waals surface area contributed by atoms with Crippen LogP contribution in [-0.4, -0.2) is 33.3 Å². The summed E-state index contributed by atoms with van der Waals surface area (Å²) < 4.78 is 1.76. The third-order valence-electron chi connectivity index (χ3n) is 4.30. The van der Waals surface area contributed by atoms with Gasteiger partial charge in [0.1, 0.15) is 0 Å². The minimum atomic E-state index is -0.0287. The fraction of sp³-hybridized carbons (Fsp3) is 0.412. The maximum atomic E-state index is 12.6. The van der Waals surface area contributed by atoms with Crippen molar-refractivity contribution in [1.82, 2.24) is 14.7 Å². The predicted molar refractivity (Wildman–Crippen MR) is 87.1 cm³/mol. The average Bonchev–Trinajstić information content (AvgIpc) is 3.01. The maximum absolute atomic E-state index is 12.6. The molecule has 1 aliphatic heterocycles. The molecule has 3 rings (SSSR count). The Morgan fingerprint density at radius 1 is 1.27 bits per heavy atom. The summed E-state index contributed by atoms with van der Waals surface area (Å²) in [6, 6.07) is 9.84. The molecule has 2 atom stereocenters. The molecule has 1 aromatic heterocycles. The minimum absolute atomic E-state index is 0.0287. The van der Waals surface area contributed by atoms with Gasteiger partial charge < -0.3 is 10.2 Å². The van der Waals surface area contributed by atoms with Crippen molar-refractivity contribution in [3.63, 3.8) is 0 Å². The lowest BCUT2D eigenvalue weighted by Crippen LogP contribution is -2.46. The quantitative estimate of drug-likeness (QED) is 0.922. The highest BCUT2D eigenvalue weighted by molar-refractivity contribution is 5.91. The average molecular weight is 298 g/mol. The van der Waals surface area contributed by atoms with Crippen LogP contribution in [0.5, 0.6) is 0 Å². The van der Waals surface area contributed by atoms with Crippen LogP contribution in [0.2, 0.25) is 0 Å². The molecule has 1 N–H and O–H groups in total. The molecule has 1 fully saturated rings. The van der Waals surface area contributed by atoms with Crippen LogP contribution in [-0.2, 0) is 0 Å². The standard InChI is InChI=1S/C17H22N4O/c1-13-8-11-20(14(2)12-13)17(22)19-15-6-3-4-7-16(15)21-10-5-9-18-21/h3-7,9-10,13-14H,8,11-12H2,1-2H3,(H,19,22)/t13-,14-/m1/s1. The molecular formula is C17H22N4O. The molecule has 1 aliphatic rings. The second-order valence-electron chi connectivity index (χ2n) is 6.07. The van der Waals surface area contributed by atoms with Gasteiger partial charge in [-0.1, -0.05) is 19.1 Å². The van der Waals surface area contributed by atoms with Crippen LogP contribution in [0.15, 0.2) is 42.7 Å². The van der Waals surface area contributed by atoms with E-state index >= 15 is 0 Å². The fourth-order valence-corrected chi connectivity index (χ4v) is 3.09. The Bertz CT molecular complexity index is 638. The number of benzene rings is 1. The number of amides is 2. The number of hydrogen-bond donors (Lipinski definition) is 1. The summed E-state index contributed by atoms with van der Waals surface area (Å²) in [6.07, 6.45) is 5.73. The van der Waals surface area contributed by atoms with Crippen molar-refractivity contribution in [3.8, 4) is 5.69 Å². The summed E-state index contributed by atoms with van der Waals surface area (Å²) in [7, 11) is 0. The SMILES string of the molecule is C[C@@H]1CCN(C(=O)Nc2ccccc2-n2cccn2)[C@H](C)C1. The number of likely N-dealkylation sites (tertiary alicyclic amines) is 1. The van der Waals surface area contributed by atoms with E-state index in [-0.39, 0.29) is 12.1 Å². The molecule has 1 saturated heterocycles. The smallest absolute Gasteiger partial charge is 0.322 e. The summed E-state index contributed by atoms with van der Waals surface area (Å²) in [6.45, 7) is 5.19. The first kappa shape index (κ1) is 14.6. The molecule has 2 aromatic rings. The van der Waals surface area contributed by atoms with Crippen LogP contribution in [0, 0.1) is 5.92 Å². The highest BCUT2D eigenvalue weighted by Gasteiger charge is 2.27. The van der Waals surface area contributed by atoms with E-state index in [2.05, 4.69) is 24.3 Å². The zero-order chi connectivity index (χ0) is 15.5. The number of hydrogen-bond acceptors (Lipinski definition) is 2. The van der Waals surface area contributed by atoms with E-state index in [0.717, 1.165) is 30.8 Å². The van der Waals surface area contributed by atoms with Crippen LogP contribution in [0.25, 0.3) is 5.69 Å². The predicted octanol–water partition coefficient (Wildman–Crippen LogP) is 3.52. The van der Waals surface area contributed by atoms with E-state index in [1.165, 1.54) is 0 Å². The summed E-state index contributed by atoms with van der Waals surface area (Å²) in [5.41, 5.74) is 1.65. The molecule has 2 heterocycles. The number of para-hydroxylation sites is 2. The molecule has 0 spiro atoms. The number of urea groups is 1. The summed E-state index contributed by atoms with van der Waals surface area (Å²) in [5.74, 6) is 0.690.